The molecule has 0 aliphatic carbocycles. The van der Waals surface area contributed by atoms with Crippen molar-refractivity contribution in [3.8, 4) is 11.1 Å². The summed E-state index contributed by atoms with van der Waals surface area (Å²) in [6.45, 7) is 1.74. The summed E-state index contributed by atoms with van der Waals surface area (Å²) in [5.41, 5.74) is 3.36. The number of aromatic nitrogens is 1. The molecule has 0 saturated carbocycles. The van der Waals surface area contributed by atoms with Gasteiger partial charge in [-0.05, 0) is 41.7 Å². The van der Waals surface area contributed by atoms with Crippen LogP contribution in [0.2, 0.25) is 5.15 Å². The average Bonchev–Trinajstić information content (AvgIpc) is 3.33. The van der Waals surface area contributed by atoms with Crippen molar-refractivity contribution in [3.05, 3.63) is 88.7 Å². The number of hydrogen-bond acceptors (Lipinski definition) is 3. The standard InChI is InChI=1S/C24H22ClN3O2/c25-21-12-11-17(15-26-21)16-27-23(29)20-10-6-9-19(18-7-2-1-3-8-18)22(20)24(30)28-13-4-5-14-28/h1-3,6-12,15H,4-5,13-14,16H2,(H,27,29). The second-order valence-electron chi connectivity index (χ2n) is 7.27. The summed E-state index contributed by atoms with van der Waals surface area (Å²) < 4.78 is 0. The Balaban J connectivity index is 1.68. The molecule has 1 aromatic heterocycles. The van der Waals surface area contributed by atoms with Crippen molar-refractivity contribution in [1.29, 1.82) is 0 Å². The van der Waals surface area contributed by atoms with Crippen LogP contribution < -0.4 is 5.32 Å². The lowest BCUT2D eigenvalue weighted by atomic mass is 9.94. The Hall–Kier alpha value is -3.18. The van der Waals surface area contributed by atoms with E-state index in [-0.39, 0.29) is 11.8 Å². The van der Waals surface area contributed by atoms with Gasteiger partial charge in [-0.3, -0.25) is 9.59 Å². The molecule has 0 bridgehead atoms. The quantitative estimate of drug-likeness (QED) is 0.616. The zero-order chi connectivity index (χ0) is 20.9. The molecular weight excluding hydrogens is 398 g/mol. The van der Waals surface area contributed by atoms with E-state index in [2.05, 4.69) is 10.3 Å². The zero-order valence-electron chi connectivity index (χ0n) is 16.5. The normalized spacial score (nSPS) is 13.3. The van der Waals surface area contributed by atoms with E-state index in [0.29, 0.717) is 22.8 Å². The van der Waals surface area contributed by atoms with Crippen LogP contribution in [0.4, 0.5) is 0 Å². The fourth-order valence-electron chi connectivity index (χ4n) is 3.70. The first-order valence-electron chi connectivity index (χ1n) is 10.00. The monoisotopic (exact) mass is 419 g/mol. The van der Waals surface area contributed by atoms with Crippen LogP contribution in [0, 0.1) is 0 Å². The van der Waals surface area contributed by atoms with Crippen LogP contribution in [0.15, 0.2) is 66.9 Å². The van der Waals surface area contributed by atoms with E-state index in [9.17, 15) is 9.59 Å². The third-order valence-corrected chi connectivity index (χ3v) is 5.47. The number of nitrogens with one attached hydrogen (secondary N) is 1. The predicted molar refractivity (Wildman–Crippen MR) is 117 cm³/mol. The molecule has 1 aliphatic rings. The van der Waals surface area contributed by atoms with Crippen molar-refractivity contribution in [3.63, 3.8) is 0 Å². The summed E-state index contributed by atoms with van der Waals surface area (Å²) in [7, 11) is 0. The van der Waals surface area contributed by atoms with E-state index in [4.69, 9.17) is 11.6 Å². The molecule has 1 saturated heterocycles. The van der Waals surface area contributed by atoms with Crippen LogP contribution in [-0.4, -0.2) is 34.8 Å². The predicted octanol–water partition coefficient (Wildman–Crippen LogP) is 4.57. The van der Waals surface area contributed by atoms with Gasteiger partial charge in [0.1, 0.15) is 5.15 Å². The summed E-state index contributed by atoms with van der Waals surface area (Å²) >= 11 is 5.82. The maximum Gasteiger partial charge on any atom is 0.255 e. The molecule has 0 spiro atoms. The van der Waals surface area contributed by atoms with Crippen molar-refractivity contribution < 1.29 is 9.59 Å². The lowest BCUT2D eigenvalue weighted by Gasteiger charge is -2.20. The van der Waals surface area contributed by atoms with Crippen molar-refractivity contribution >= 4 is 23.4 Å². The van der Waals surface area contributed by atoms with Gasteiger partial charge in [0.15, 0.2) is 0 Å². The number of rotatable bonds is 5. The number of hydrogen-bond donors (Lipinski definition) is 1. The van der Waals surface area contributed by atoms with Crippen molar-refractivity contribution in [1.82, 2.24) is 15.2 Å². The first-order valence-corrected chi connectivity index (χ1v) is 10.4. The second kappa shape index (κ2) is 9.09. The number of nitrogens with zero attached hydrogens (tertiary/aromatic N) is 2. The molecule has 30 heavy (non-hydrogen) atoms. The molecule has 5 nitrogen and oxygen atoms in total. The van der Waals surface area contributed by atoms with Gasteiger partial charge in [-0.25, -0.2) is 4.98 Å². The van der Waals surface area contributed by atoms with Crippen LogP contribution in [0.5, 0.6) is 0 Å². The molecular formula is C24H22ClN3O2. The topological polar surface area (TPSA) is 62.3 Å². The molecule has 1 fully saturated rings. The molecule has 0 atom stereocenters. The fourth-order valence-corrected chi connectivity index (χ4v) is 3.81. The van der Waals surface area contributed by atoms with Crippen molar-refractivity contribution in [2.75, 3.05) is 13.1 Å². The second-order valence-corrected chi connectivity index (χ2v) is 7.65. The fraction of sp³-hybridized carbons (Fsp3) is 0.208. The van der Waals surface area contributed by atoms with Crippen molar-refractivity contribution in [2.45, 2.75) is 19.4 Å². The van der Waals surface area contributed by atoms with Crippen LogP contribution in [0.1, 0.15) is 39.1 Å². The van der Waals surface area contributed by atoms with Crippen molar-refractivity contribution in [2.24, 2.45) is 0 Å². The lowest BCUT2D eigenvalue weighted by molar-refractivity contribution is 0.0785. The van der Waals surface area contributed by atoms with Gasteiger partial charge < -0.3 is 10.2 Å². The highest BCUT2D eigenvalue weighted by molar-refractivity contribution is 6.29. The number of halogens is 1. The molecule has 2 heterocycles. The van der Waals surface area contributed by atoms with Crippen LogP contribution in [0.25, 0.3) is 11.1 Å². The Morgan fingerprint density at radius 2 is 1.73 bits per heavy atom. The van der Waals surface area contributed by atoms with Gasteiger partial charge in [0.25, 0.3) is 11.8 Å². The molecule has 6 heteroatoms. The Morgan fingerprint density at radius 3 is 2.43 bits per heavy atom. The number of amides is 2. The average molecular weight is 420 g/mol. The van der Waals surface area contributed by atoms with E-state index in [1.54, 1.807) is 18.3 Å². The molecule has 2 aromatic carbocycles. The maximum absolute atomic E-state index is 13.4. The van der Waals surface area contributed by atoms with Crippen LogP contribution >= 0.6 is 11.6 Å². The largest absolute Gasteiger partial charge is 0.348 e. The zero-order valence-corrected chi connectivity index (χ0v) is 17.2. The first-order chi connectivity index (χ1) is 14.6. The van der Waals surface area contributed by atoms with E-state index in [0.717, 1.165) is 42.6 Å². The molecule has 152 valence electrons. The van der Waals surface area contributed by atoms with Gasteiger partial charge in [0.2, 0.25) is 0 Å². The van der Waals surface area contributed by atoms with E-state index in [1.165, 1.54) is 0 Å². The summed E-state index contributed by atoms with van der Waals surface area (Å²) in [5.74, 6) is -0.379. The SMILES string of the molecule is O=C(NCc1ccc(Cl)nc1)c1cccc(-c2ccccc2)c1C(=O)N1CCCC1. The molecule has 1 aliphatic heterocycles. The molecule has 2 amide bonds. The van der Waals surface area contributed by atoms with Gasteiger partial charge in [0.05, 0.1) is 11.1 Å². The van der Waals surface area contributed by atoms with Gasteiger partial charge in [-0.1, -0.05) is 60.1 Å². The Labute approximate surface area is 180 Å². The molecule has 3 aromatic rings. The number of pyridine rings is 1. The number of likely N-dealkylation sites (tertiary alicyclic amines) is 1. The minimum Gasteiger partial charge on any atom is -0.348 e. The van der Waals surface area contributed by atoms with E-state index < -0.39 is 0 Å². The highest BCUT2D eigenvalue weighted by Crippen LogP contribution is 2.29. The third kappa shape index (κ3) is 4.36. The van der Waals surface area contributed by atoms with Gasteiger partial charge in [-0.2, -0.15) is 0 Å². The first kappa shape index (κ1) is 20.1. The number of benzene rings is 2. The number of carbonyl (C=O) groups is 2. The molecule has 0 unspecified atom stereocenters. The van der Waals surface area contributed by atoms with Crippen LogP contribution in [0.3, 0.4) is 0 Å². The summed E-state index contributed by atoms with van der Waals surface area (Å²) in [5, 5.41) is 3.31. The minimum atomic E-state index is -0.287. The van der Waals surface area contributed by atoms with Gasteiger partial charge in [0, 0.05) is 25.8 Å². The Bertz CT molecular complexity index is 1050. The highest BCUT2D eigenvalue weighted by atomic mass is 35.5. The Kier molecular flexibility index (Phi) is 6.10. The van der Waals surface area contributed by atoms with Gasteiger partial charge in [-0.15, -0.1) is 0 Å². The molecule has 0 radical (unpaired) electrons. The maximum atomic E-state index is 13.4. The third-order valence-electron chi connectivity index (χ3n) is 5.24. The van der Waals surface area contributed by atoms with E-state index >= 15 is 0 Å². The molecule has 1 N–H and O–H groups in total. The Morgan fingerprint density at radius 1 is 0.967 bits per heavy atom. The smallest absolute Gasteiger partial charge is 0.255 e. The van der Waals surface area contributed by atoms with E-state index in [1.807, 2.05) is 53.4 Å². The number of carbonyl (C=O) groups excluding carboxylic acids is 2. The van der Waals surface area contributed by atoms with Gasteiger partial charge >= 0.3 is 0 Å². The lowest BCUT2D eigenvalue weighted by Crippen LogP contribution is -2.32. The summed E-state index contributed by atoms with van der Waals surface area (Å²) in [4.78, 5) is 32.3. The summed E-state index contributed by atoms with van der Waals surface area (Å²) in [6.07, 6.45) is 3.61. The highest BCUT2D eigenvalue weighted by Gasteiger charge is 2.27. The summed E-state index contributed by atoms with van der Waals surface area (Å²) in [6, 6.07) is 18.6. The molecule has 4 rings (SSSR count). The van der Waals surface area contributed by atoms with Crippen LogP contribution in [-0.2, 0) is 6.54 Å². The minimum absolute atomic E-state index is 0.0923.